The number of hydrazine groups is 1. The van der Waals surface area contributed by atoms with Crippen molar-refractivity contribution in [2.24, 2.45) is 4.99 Å². The molecule has 1 amide bonds. The first-order valence-corrected chi connectivity index (χ1v) is 11.6. The van der Waals surface area contributed by atoms with Gasteiger partial charge in [0.1, 0.15) is 0 Å². The minimum absolute atomic E-state index is 0.228. The number of benzene rings is 1. The van der Waals surface area contributed by atoms with E-state index in [9.17, 15) is 23.1 Å². The van der Waals surface area contributed by atoms with Crippen LogP contribution in [0.1, 0.15) is 23.1 Å². The molecular weight excluding hydrogens is 469 g/mol. The van der Waals surface area contributed by atoms with E-state index in [-0.39, 0.29) is 6.04 Å². The summed E-state index contributed by atoms with van der Waals surface area (Å²) >= 11 is 0. The summed E-state index contributed by atoms with van der Waals surface area (Å²) in [4.78, 5) is 19.9. The fraction of sp³-hybridized carbons (Fsp3) is 0.636. The van der Waals surface area contributed by atoms with Gasteiger partial charge in [0.25, 0.3) is 0 Å². The maximum absolute atomic E-state index is 12.3. The molecule has 1 aromatic rings. The van der Waals surface area contributed by atoms with Gasteiger partial charge in [-0.3, -0.25) is 10.3 Å². The predicted octanol–water partition coefficient (Wildman–Crippen LogP) is 1.28. The second-order valence-electron chi connectivity index (χ2n) is 9.06. The summed E-state index contributed by atoms with van der Waals surface area (Å²) < 4.78 is 47.0. The summed E-state index contributed by atoms with van der Waals surface area (Å²) in [7, 11) is 0. The average Bonchev–Trinajstić information content (AvgIpc) is 3.43. The molecule has 194 valence electrons. The molecule has 0 radical (unpaired) electrons. The van der Waals surface area contributed by atoms with Crippen LogP contribution in [0.15, 0.2) is 17.1 Å². The fourth-order valence-electron chi connectivity index (χ4n) is 4.42. The van der Waals surface area contributed by atoms with Crippen LogP contribution < -0.4 is 16.2 Å². The van der Waals surface area contributed by atoms with E-state index in [4.69, 9.17) is 4.74 Å². The van der Waals surface area contributed by atoms with E-state index in [1.54, 1.807) is 0 Å². The fourth-order valence-corrected chi connectivity index (χ4v) is 4.42. The number of aliphatic hydroxyl groups is 1. The number of nitrogens with one attached hydrogen (secondary N) is 3. The van der Waals surface area contributed by atoms with Gasteiger partial charge in [-0.1, -0.05) is 6.07 Å². The maximum atomic E-state index is 12.3. The monoisotopic (exact) mass is 500 g/mol. The molecule has 3 aliphatic rings. The molecule has 0 aliphatic carbocycles. The number of hydrogen-bond donors (Lipinski definition) is 4. The number of amides is 1. The Morgan fingerprint density at radius 2 is 2.00 bits per heavy atom. The molecule has 35 heavy (non-hydrogen) atoms. The lowest BCUT2D eigenvalue weighted by molar-refractivity contribution is -0.162. The van der Waals surface area contributed by atoms with E-state index in [0.29, 0.717) is 45.2 Å². The van der Waals surface area contributed by atoms with E-state index in [2.05, 4.69) is 36.9 Å². The lowest BCUT2D eigenvalue weighted by Crippen LogP contribution is -2.49. The molecule has 3 unspecified atom stereocenters. The Morgan fingerprint density at radius 1 is 1.26 bits per heavy atom. The number of aryl methyl sites for hydroxylation is 1. The Labute approximate surface area is 201 Å². The molecule has 3 atom stereocenters. The predicted molar refractivity (Wildman–Crippen MR) is 121 cm³/mol. The SMILES string of the molecule is Cc1cc(CN2CCN(C(=O)OCC(F)(F)F)CC2)c(C)c(N=C2NNC(C3NCCC3O)O2)c1. The molecule has 3 fully saturated rings. The van der Waals surface area contributed by atoms with Crippen LogP contribution in [0.2, 0.25) is 0 Å². The number of nitrogens with zero attached hydrogens (tertiary/aromatic N) is 3. The number of carbonyl (C=O) groups excluding carboxylic acids is 1. The largest absolute Gasteiger partial charge is 0.441 e. The van der Waals surface area contributed by atoms with Gasteiger partial charge in [0, 0.05) is 32.7 Å². The van der Waals surface area contributed by atoms with Crippen molar-refractivity contribution in [1.29, 1.82) is 0 Å². The van der Waals surface area contributed by atoms with E-state index in [1.165, 1.54) is 4.90 Å². The number of halogens is 3. The zero-order valence-electron chi connectivity index (χ0n) is 19.7. The minimum atomic E-state index is -4.54. The van der Waals surface area contributed by atoms with E-state index in [1.807, 2.05) is 19.9 Å². The molecule has 4 rings (SSSR count). The molecule has 0 saturated carbocycles. The molecule has 3 aliphatic heterocycles. The highest BCUT2D eigenvalue weighted by atomic mass is 19.4. The van der Waals surface area contributed by atoms with Crippen molar-refractivity contribution in [3.8, 4) is 0 Å². The molecule has 0 spiro atoms. The second kappa shape index (κ2) is 10.6. The standard InChI is InChI=1S/C22H31F3N6O4/c1-13-9-15(11-30-5-7-31(8-6-30)21(33)34-12-22(23,24)25)14(2)16(10-13)27-20-29-28-19(35-20)18-17(32)3-4-26-18/h9-10,17-19,26,28,32H,3-8,11-12H2,1-2H3,(H,27,29). The normalized spacial score (nSPS) is 26.6. The molecule has 3 saturated heterocycles. The topological polar surface area (TPSA) is 111 Å². The van der Waals surface area contributed by atoms with Gasteiger partial charge in [-0.15, -0.1) is 0 Å². The van der Waals surface area contributed by atoms with Gasteiger partial charge in [-0.25, -0.2) is 4.79 Å². The Hall–Kier alpha value is -2.61. The van der Waals surface area contributed by atoms with Gasteiger partial charge < -0.3 is 24.8 Å². The molecule has 1 aromatic carbocycles. The van der Waals surface area contributed by atoms with Crippen molar-refractivity contribution in [1.82, 2.24) is 26.0 Å². The van der Waals surface area contributed by atoms with Gasteiger partial charge in [-0.05, 0) is 49.6 Å². The first-order valence-electron chi connectivity index (χ1n) is 11.6. The number of hydrogen-bond acceptors (Lipinski definition) is 8. The molecule has 4 N–H and O–H groups in total. The lowest BCUT2D eigenvalue weighted by Gasteiger charge is -2.34. The Kier molecular flexibility index (Phi) is 7.69. The zero-order chi connectivity index (χ0) is 25.2. The third-order valence-electron chi connectivity index (χ3n) is 6.36. The molecule has 13 heteroatoms. The Balaban J connectivity index is 1.35. The summed E-state index contributed by atoms with van der Waals surface area (Å²) in [5.41, 5.74) is 9.75. The molecule has 10 nitrogen and oxygen atoms in total. The summed E-state index contributed by atoms with van der Waals surface area (Å²) in [6, 6.07) is 4.13. The third-order valence-corrected chi connectivity index (χ3v) is 6.36. The van der Waals surface area contributed by atoms with Crippen LogP contribution in [0.25, 0.3) is 0 Å². The number of alkyl halides is 3. The van der Waals surface area contributed by atoms with Crippen LogP contribution in [-0.2, 0) is 16.0 Å². The number of amidine groups is 1. The van der Waals surface area contributed by atoms with Gasteiger partial charge in [0.05, 0.1) is 17.8 Å². The van der Waals surface area contributed by atoms with Crippen LogP contribution in [0.3, 0.4) is 0 Å². The quantitative estimate of drug-likeness (QED) is 0.479. The van der Waals surface area contributed by atoms with E-state index >= 15 is 0 Å². The lowest BCUT2D eigenvalue weighted by atomic mass is 10.0. The summed E-state index contributed by atoms with van der Waals surface area (Å²) in [5, 5.41) is 13.3. The zero-order valence-corrected chi connectivity index (χ0v) is 19.7. The molecule has 3 heterocycles. The first kappa shape index (κ1) is 25.5. The van der Waals surface area contributed by atoms with Crippen LogP contribution in [0.5, 0.6) is 0 Å². The second-order valence-corrected chi connectivity index (χ2v) is 9.06. The summed E-state index contributed by atoms with van der Waals surface area (Å²) in [5.74, 6) is 0. The van der Waals surface area contributed by atoms with Crippen LogP contribution in [0, 0.1) is 13.8 Å². The number of rotatable bonds is 5. The van der Waals surface area contributed by atoms with Crippen molar-refractivity contribution in [3.63, 3.8) is 0 Å². The Morgan fingerprint density at radius 3 is 2.66 bits per heavy atom. The van der Waals surface area contributed by atoms with Crippen molar-refractivity contribution in [2.45, 2.75) is 51.4 Å². The number of piperazine rings is 1. The number of carbonyl (C=O) groups is 1. The molecular formula is C22H31F3N6O4. The van der Waals surface area contributed by atoms with E-state index in [0.717, 1.165) is 28.9 Å². The average molecular weight is 501 g/mol. The van der Waals surface area contributed by atoms with Gasteiger partial charge in [-0.2, -0.15) is 23.6 Å². The smallest absolute Gasteiger partial charge is 0.422 e. The summed E-state index contributed by atoms with van der Waals surface area (Å²) in [6.07, 6.45) is -5.74. The number of ether oxygens (including phenoxy) is 2. The van der Waals surface area contributed by atoms with Gasteiger partial charge in [0.2, 0.25) is 0 Å². The molecule has 0 aromatic heterocycles. The molecule has 0 bridgehead atoms. The maximum Gasteiger partial charge on any atom is 0.422 e. The Bertz CT molecular complexity index is 952. The first-order chi connectivity index (χ1) is 16.6. The van der Waals surface area contributed by atoms with Crippen molar-refractivity contribution >= 4 is 17.8 Å². The van der Waals surface area contributed by atoms with Crippen molar-refractivity contribution in [3.05, 3.63) is 28.8 Å². The van der Waals surface area contributed by atoms with Crippen LogP contribution in [0.4, 0.5) is 23.7 Å². The van der Waals surface area contributed by atoms with Crippen LogP contribution in [-0.4, -0.2) is 90.9 Å². The number of aliphatic imine (C=N–C) groups is 1. The van der Waals surface area contributed by atoms with Crippen molar-refractivity contribution < 1.29 is 32.5 Å². The van der Waals surface area contributed by atoms with Gasteiger partial charge in [0.15, 0.2) is 12.8 Å². The highest BCUT2D eigenvalue weighted by Gasteiger charge is 2.37. The van der Waals surface area contributed by atoms with Crippen LogP contribution >= 0.6 is 0 Å². The summed E-state index contributed by atoms with van der Waals surface area (Å²) in [6.45, 7) is 5.34. The number of aliphatic hydroxyl groups excluding tert-OH is 1. The van der Waals surface area contributed by atoms with Crippen molar-refractivity contribution in [2.75, 3.05) is 39.3 Å². The highest BCUT2D eigenvalue weighted by Crippen LogP contribution is 2.27. The third kappa shape index (κ3) is 6.54. The minimum Gasteiger partial charge on any atom is -0.441 e. The van der Waals surface area contributed by atoms with E-state index < -0.39 is 31.2 Å². The highest BCUT2D eigenvalue weighted by molar-refractivity contribution is 5.79. The van der Waals surface area contributed by atoms with Gasteiger partial charge >= 0.3 is 18.3 Å².